The Labute approximate surface area is 245 Å². The third kappa shape index (κ3) is 7.95. The first-order chi connectivity index (χ1) is 19.9. The second kappa shape index (κ2) is 15.2. The number of nitrogens with two attached hydrogens (primary N) is 3. The molecule has 2 amide bonds. The maximum atomic E-state index is 12.8. The van der Waals surface area contributed by atoms with Gasteiger partial charge >= 0.3 is 0 Å². The number of hydrogen-bond donors (Lipinski definition) is 11. The summed E-state index contributed by atoms with van der Waals surface area (Å²) in [6.07, 6.45) is -5.22. The quantitative estimate of drug-likeness (QED) is 0.0995. The van der Waals surface area contributed by atoms with Gasteiger partial charge in [0.1, 0.15) is 35.8 Å². The molecule has 1 unspecified atom stereocenters. The van der Waals surface area contributed by atoms with Crippen LogP contribution < -0.4 is 38.5 Å². The molecule has 12 atom stereocenters. The predicted molar refractivity (Wildman–Crippen MR) is 150 cm³/mol. The molecule has 242 valence electrons. The second-order valence-electron chi connectivity index (χ2n) is 11.5. The number of amides is 2. The molecular formula is C26H49N7O9. The zero-order chi connectivity index (χ0) is 31.2. The lowest BCUT2D eigenvalue weighted by molar-refractivity contribution is -0.297. The smallest absolute Gasteiger partial charge is 0.249 e. The third-order valence-corrected chi connectivity index (χ3v) is 8.20. The van der Waals surface area contributed by atoms with Crippen molar-refractivity contribution >= 4 is 11.8 Å². The number of likely N-dealkylation sites (N-methyl/N-ethyl adjacent to an activating group) is 2. The Balaban J connectivity index is 1.92. The maximum absolute atomic E-state index is 12.8. The molecule has 3 rings (SSSR count). The van der Waals surface area contributed by atoms with Crippen LogP contribution in [0.2, 0.25) is 0 Å². The number of nitrogens with one attached hydrogen (secondary N) is 4. The fourth-order valence-electron chi connectivity index (χ4n) is 6.07. The molecule has 14 N–H and O–H groups in total. The van der Waals surface area contributed by atoms with Crippen LogP contribution in [-0.4, -0.2) is 139 Å². The van der Waals surface area contributed by atoms with Gasteiger partial charge in [-0.05, 0) is 52.9 Å². The first-order valence-electron chi connectivity index (χ1n) is 14.3. The van der Waals surface area contributed by atoms with E-state index in [2.05, 4.69) is 21.3 Å². The molecule has 3 aliphatic rings. The van der Waals surface area contributed by atoms with Crippen molar-refractivity contribution in [3.05, 3.63) is 11.8 Å². The molecule has 42 heavy (non-hydrogen) atoms. The van der Waals surface area contributed by atoms with Gasteiger partial charge in [0.05, 0.1) is 43.9 Å². The highest BCUT2D eigenvalue weighted by Crippen LogP contribution is 2.37. The van der Waals surface area contributed by atoms with Crippen molar-refractivity contribution in [1.82, 2.24) is 21.3 Å². The third-order valence-electron chi connectivity index (χ3n) is 8.20. The van der Waals surface area contributed by atoms with Crippen LogP contribution in [0.3, 0.4) is 0 Å². The van der Waals surface area contributed by atoms with Crippen LogP contribution >= 0.6 is 0 Å². The van der Waals surface area contributed by atoms with Gasteiger partial charge in [0.15, 0.2) is 6.29 Å². The minimum atomic E-state index is -1.41. The average Bonchev–Trinajstić information content (AvgIpc) is 2.93. The van der Waals surface area contributed by atoms with Gasteiger partial charge in [-0.15, -0.1) is 0 Å². The molecule has 2 fully saturated rings. The second-order valence-corrected chi connectivity index (χ2v) is 11.5. The van der Waals surface area contributed by atoms with Gasteiger partial charge in [-0.3, -0.25) is 9.59 Å². The van der Waals surface area contributed by atoms with Crippen molar-refractivity contribution in [3.63, 3.8) is 0 Å². The molecule has 0 radical (unpaired) electrons. The van der Waals surface area contributed by atoms with E-state index in [0.717, 1.165) is 0 Å². The molecule has 0 spiro atoms. The SMILES string of the molecule is CNCC(=O)N[C@@H]1CC=C(CN)O[C@@H]1C1[C@@H](N)C[C@@H](NC(=O)[C@@H](O)CCN)[C@H](O[C@H]2OC[C@](C)(O)[C@H](NC)[C@H]2O)[C@H]1O. The van der Waals surface area contributed by atoms with Crippen LogP contribution in [0, 0.1) is 5.92 Å². The van der Waals surface area contributed by atoms with Crippen molar-refractivity contribution in [2.75, 3.05) is 40.3 Å². The van der Waals surface area contributed by atoms with Gasteiger partial charge in [0.25, 0.3) is 0 Å². The van der Waals surface area contributed by atoms with E-state index in [1.807, 2.05) is 0 Å². The molecule has 16 heteroatoms. The molecule has 0 bridgehead atoms. The van der Waals surface area contributed by atoms with E-state index in [0.29, 0.717) is 12.2 Å². The Morgan fingerprint density at radius 2 is 1.90 bits per heavy atom. The summed E-state index contributed by atoms with van der Waals surface area (Å²) in [5.74, 6) is -1.36. The molecule has 0 aromatic rings. The van der Waals surface area contributed by atoms with E-state index in [4.69, 9.17) is 31.4 Å². The molecule has 1 saturated heterocycles. The largest absolute Gasteiger partial charge is 0.491 e. The van der Waals surface area contributed by atoms with Crippen molar-refractivity contribution < 1.29 is 44.2 Å². The topological polar surface area (TPSA) is 269 Å². The Kier molecular flexibility index (Phi) is 12.5. The maximum Gasteiger partial charge on any atom is 0.249 e. The number of rotatable bonds is 12. The normalized spacial score (nSPS) is 39.5. The fourth-order valence-corrected chi connectivity index (χ4v) is 6.07. The van der Waals surface area contributed by atoms with Gasteiger partial charge in [-0.1, -0.05) is 0 Å². The fraction of sp³-hybridized carbons (Fsp3) is 0.846. The minimum Gasteiger partial charge on any atom is -0.491 e. The Hall–Kier alpha value is -1.96. The van der Waals surface area contributed by atoms with Crippen molar-refractivity contribution in [1.29, 1.82) is 0 Å². The number of ether oxygens (including phenoxy) is 3. The summed E-state index contributed by atoms with van der Waals surface area (Å²) in [7, 11) is 3.21. The van der Waals surface area contributed by atoms with E-state index < -0.39 is 78.4 Å². The van der Waals surface area contributed by atoms with Crippen molar-refractivity contribution in [3.8, 4) is 0 Å². The lowest BCUT2D eigenvalue weighted by atomic mass is 9.72. The van der Waals surface area contributed by atoms with Crippen molar-refractivity contribution in [2.24, 2.45) is 23.1 Å². The molecule has 2 heterocycles. The van der Waals surface area contributed by atoms with Gasteiger partial charge < -0.3 is 73.1 Å². The Morgan fingerprint density at radius 3 is 2.52 bits per heavy atom. The number of carbonyl (C=O) groups excluding carboxylic acids is 2. The molecule has 0 aromatic heterocycles. The van der Waals surface area contributed by atoms with Crippen LogP contribution in [0.5, 0.6) is 0 Å². The zero-order valence-electron chi connectivity index (χ0n) is 24.4. The van der Waals surface area contributed by atoms with Crippen LogP contribution in [-0.2, 0) is 23.8 Å². The lowest BCUT2D eigenvalue weighted by Crippen LogP contribution is -2.70. The first-order valence-corrected chi connectivity index (χ1v) is 14.3. The highest BCUT2D eigenvalue weighted by molar-refractivity contribution is 5.80. The summed E-state index contributed by atoms with van der Waals surface area (Å²) >= 11 is 0. The van der Waals surface area contributed by atoms with Crippen molar-refractivity contribution in [2.45, 2.75) is 92.8 Å². The molecule has 16 nitrogen and oxygen atoms in total. The number of aliphatic hydroxyl groups is 4. The highest BCUT2D eigenvalue weighted by Gasteiger charge is 2.54. The van der Waals surface area contributed by atoms with Crippen LogP contribution in [0.4, 0.5) is 0 Å². The summed E-state index contributed by atoms with van der Waals surface area (Å²) in [5.41, 5.74) is 16.5. The predicted octanol–water partition coefficient (Wildman–Crippen LogP) is -5.33. The van der Waals surface area contributed by atoms with Gasteiger partial charge in [0.2, 0.25) is 11.8 Å². The number of hydrogen-bond acceptors (Lipinski definition) is 14. The highest BCUT2D eigenvalue weighted by atomic mass is 16.7. The van der Waals surface area contributed by atoms with Gasteiger partial charge in [0, 0.05) is 12.0 Å². The minimum absolute atomic E-state index is 0.0167. The summed E-state index contributed by atoms with van der Waals surface area (Å²) < 4.78 is 18.0. The summed E-state index contributed by atoms with van der Waals surface area (Å²) in [6, 6.07) is -3.07. The summed E-state index contributed by atoms with van der Waals surface area (Å²) in [5, 5.41) is 55.0. The van der Waals surface area contributed by atoms with Gasteiger partial charge in [-0.2, -0.15) is 0 Å². The van der Waals surface area contributed by atoms with Crippen LogP contribution in [0.25, 0.3) is 0 Å². The first kappa shape index (κ1) is 34.5. The monoisotopic (exact) mass is 603 g/mol. The van der Waals surface area contributed by atoms with E-state index >= 15 is 0 Å². The van der Waals surface area contributed by atoms with Crippen LogP contribution in [0.15, 0.2) is 11.8 Å². The number of carbonyl (C=O) groups is 2. The Bertz CT molecular complexity index is 942. The van der Waals surface area contributed by atoms with E-state index in [1.54, 1.807) is 20.2 Å². The zero-order valence-corrected chi connectivity index (χ0v) is 24.4. The van der Waals surface area contributed by atoms with E-state index in [9.17, 15) is 30.0 Å². The standard InChI is InChI=1S/C26H49N7O9/c1-26(39)11-40-25(20(37)23(26)31-3)42-22-15(33-24(38)16(34)6-7-27)8-13(29)18(19(22)36)21-14(32-17(35)10-30-2)5-4-12(9-28)41-21/h4,13-16,18-23,25,30-31,34,36-37,39H,5-11,27-29H2,1-3H3,(H,32,35)(H,33,38)/t13-,14+,15+,16-,18?,19-,20+,21-,22-,23+,25+,26-/m0/s1. The molecule has 0 aromatic carbocycles. The number of aliphatic hydroxyl groups excluding tert-OH is 3. The van der Waals surface area contributed by atoms with Crippen LogP contribution in [0.1, 0.15) is 26.2 Å². The molecule has 2 aliphatic heterocycles. The van der Waals surface area contributed by atoms with E-state index in [-0.39, 0.29) is 45.0 Å². The summed E-state index contributed by atoms with van der Waals surface area (Å²) in [6.45, 7) is 1.55. The van der Waals surface area contributed by atoms with Gasteiger partial charge in [-0.25, -0.2) is 0 Å². The molecule has 1 saturated carbocycles. The molecular weight excluding hydrogens is 554 g/mol. The average molecular weight is 604 g/mol. The van der Waals surface area contributed by atoms with E-state index in [1.165, 1.54) is 6.92 Å². The summed E-state index contributed by atoms with van der Waals surface area (Å²) in [4.78, 5) is 25.3. The lowest BCUT2D eigenvalue weighted by Gasteiger charge is -2.50. The molecule has 1 aliphatic carbocycles. The Morgan fingerprint density at radius 1 is 1.19 bits per heavy atom.